The van der Waals surface area contributed by atoms with E-state index in [-0.39, 0.29) is 0 Å². The van der Waals surface area contributed by atoms with E-state index in [9.17, 15) is 0 Å². The van der Waals surface area contributed by atoms with Crippen LogP contribution in [0.5, 0.6) is 0 Å². The van der Waals surface area contributed by atoms with E-state index in [1.165, 1.54) is 71.4 Å². The van der Waals surface area contributed by atoms with Crippen LogP contribution in [-0.2, 0) is 0 Å². The molecule has 0 bridgehead atoms. The van der Waals surface area contributed by atoms with Crippen molar-refractivity contribution in [2.45, 2.75) is 26.7 Å². The summed E-state index contributed by atoms with van der Waals surface area (Å²) in [5.41, 5.74) is 10.9. The number of allylic oxidation sites excluding steroid dienone is 4. The molecule has 0 aliphatic carbocycles. The van der Waals surface area contributed by atoms with Gasteiger partial charge in [0.05, 0.1) is 11.4 Å². The van der Waals surface area contributed by atoms with Crippen molar-refractivity contribution in [1.29, 1.82) is 0 Å². The topological polar surface area (TPSA) is 3.24 Å². The lowest BCUT2D eigenvalue weighted by Crippen LogP contribution is -2.20. The van der Waals surface area contributed by atoms with Crippen molar-refractivity contribution < 1.29 is 0 Å². The van der Waals surface area contributed by atoms with Crippen LogP contribution < -0.4 is 4.90 Å². The van der Waals surface area contributed by atoms with Gasteiger partial charge in [0.1, 0.15) is 0 Å². The Morgan fingerprint density at radius 2 is 1.08 bits per heavy atom. The second-order valence-corrected chi connectivity index (χ2v) is 13.1. The summed E-state index contributed by atoms with van der Waals surface area (Å²) < 4.78 is 0. The number of para-hydroxylation sites is 2. The first-order chi connectivity index (χ1) is 25.2. The third-order valence-electron chi connectivity index (χ3n) is 9.89. The van der Waals surface area contributed by atoms with Gasteiger partial charge in [-0.1, -0.05) is 177 Å². The predicted molar refractivity (Wildman–Crippen MR) is 221 cm³/mol. The van der Waals surface area contributed by atoms with Gasteiger partial charge in [-0.3, -0.25) is 0 Å². The molecule has 0 fully saturated rings. The number of fused-ring (bicyclic) bond motifs is 4. The molecule has 0 N–H and O–H groups in total. The van der Waals surface area contributed by atoms with Gasteiger partial charge < -0.3 is 4.90 Å². The molecule has 0 aliphatic rings. The van der Waals surface area contributed by atoms with Gasteiger partial charge >= 0.3 is 0 Å². The largest absolute Gasteiger partial charge is 0.312 e. The van der Waals surface area contributed by atoms with E-state index in [1.54, 1.807) is 0 Å². The van der Waals surface area contributed by atoms with Crippen molar-refractivity contribution in [2.24, 2.45) is 0 Å². The molecule has 51 heavy (non-hydrogen) atoms. The van der Waals surface area contributed by atoms with Gasteiger partial charge in [0, 0.05) is 22.4 Å². The van der Waals surface area contributed by atoms with E-state index >= 15 is 0 Å². The first kappa shape index (κ1) is 32.0. The first-order valence-electron chi connectivity index (χ1n) is 18.0. The summed E-state index contributed by atoms with van der Waals surface area (Å²) in [6.45, 7) is 4.41. The lowest BCUT2D eigenvalue weighted by molar-refractivity contribution is 0.879. The van der Waals surface area contributed by atoms with Crippen LogP contribution in [0.4, 0.5) is 11.4 Å². The fraction of sp³-hybridized carbons (Fsp3) is 0.0800. The molecule has 8 aromatic rings. The fourth-order valence-electron chi connectivity index (χ4n) is 7.61. The minimum absolute atomic E-state index is 0.896. The zero-order valence-corrected chi connectivity index (χ0v) is 29.3. The van der Waals surface area contributed by atoms with Crippen molar-refractivity contribution in [1.82, 2.24) is 0 Å². The van der Waals surface area contributed by atoms with Crippen LogP contribution in [0.15, 0.2) is 194 Å². The van der Waals surface area contributed by atoms with Gasteiger partial charge in [-0.2, -0.15) is 0 Å². The summed E-state index contributed by atoms with van der Waals surface area (Å²) in [6, 6.07) is 64.3. The minimum Gasteiger partial charge on any atom is -0.312 e. The zero-order chi connectivity index (χ0) is 34.6. The minimum atomic E-state index is 0.896. The summed E-state index contributed by atoms with van der Waals surface area (Å²) in [6.07, 6.45) is 6.36. The van der Waals surface area contributed by atoms with Crippen molar-refractivity contribution in [3.63, 3.8) is 0 Å². The molecule has 8 aromatic carbocycles. The molecule has 0 atom stereocenters. The van der Waals surface area contributed by atoms with Crippen LogP contribution in [0.1, 0.15) is 32.3 Å². The Labute approximate surface area is 301 Å². The average molecular weight is 656 g/mol. The summed E-state index contributed by atoms with van der Waals surface area (Å²) in [7, 11) is 0. The lowest BCUT2D eigenvalue weighted by atomic mass is 9.91. The smallest absolute Gasteiger partial charge is 0.0537 e. The Balaban J connectivity index is 1.47. The Hall–Kier alpha value is -6.18. The highest BCUT2D eigenvalue weighted by Gasteiger charge is 2.25. The lowest BCUT2D eigenvalue weighted by Gasteiger charge is -2.34. The number of hydrogen-bond acceptors (Lipinski definition) is 1. The molecule has 8 rings (SSSR count). The molecular weight excluding hydrogens is 615 g/mol. The third kappa shape index (κ3) is 6.13. The van der Waals surface area contributed by atoms with Crippen molar-refractivity contribution in [2.75, 3.05) is 4.90 Å². The van der Waals surface area contributed by atoms with Gasteiger partial charge in [-0.05, 0) is 86.6 Å². The van der Waals surface area contributed by atoms with Crippen molar-refractivity contribution in [3.05, 3.63) is 199 Å². The van der Waals surface area contributed by atoms with Crippen LogP contribution in [0.2, 0.25) is 0 Å². The summed E-state index contributed by atoms with van der Waals surface area (Å²) >= 11 is 0. The fourth-order valence-corrected chi connectivity index (χ4v) is 7.61. The first-order valence-corrected chi connectivity index (χ1v) is 18.0. The molecule has 0 spiro atoms. The number of rotatable bonds is 9. The highest BCUT2D eigenvalue weighted by Crippen LogP contribution is 2.47. The molecular formula is C50H41N. The third-order valence-corrected chi connectivity index (χ3v) is 9.89. The molecule has 0 saturated carbocycles. The molecule has 0 heterocycles. The Morgan fingerprint density at radius 3 is 1.82 bits per heavy atom. The molecule has 0 aromatic heterocycles. The van der Waals surface area contributed by atoms with Gasteiger partial charge in [0.2, 0.25) is 0 Å². The standard InChI is InChI=1S/C50H41N/c1-3-18-42(37-21-6-5-7-22-37)48(19-4-2)51(49-30-16-14-26-43(49)40-33-32-36-20-8-9-23-38(36)34-40)50-31-17-15-29-46(50)47-35-39-24-10-11-25-41(39)44-27-12-13-28-45(44)47/h3,5-18,20-35H,4,19H2,1-2H3/b18-3-,48-42-. The number of nitrogens with zero attached hydrogens (tertiary/aromatic N) is 1. The van der Waals surface area contributed by atoms with Crippen LogP contribution in [0.3, 0.4) is 0 Å². The van der Waals surface area contributed by atoms with Gasteiger partial charge in [0.25, 0.3) is 0 Å². The molecule has 0 amide bonds. The van der Waals surface area contributed by atoms with E-state index in [0.29, 0.717) is 0 Å². The highest BCUT2D eigenvalue weighted by atomic mass is 15.2. The van der Waals surface area contributed by atoms with Crippen LogP contribution in [0, 0.1) is 0 Å². The van der Waals surface area contributed by atoms with Crippen LogP contribution in [0.25, 0.3) is 60.1 Å². The molecule has 0 saturated heterocycles. The van der Waals surface area contributed by atoms with E-state index < -0.39 is 0 Å². The van der Waals surface area contributed by atoms with Crippen molar-refractivity contribution in [3.8, 4) is 22.3 Å². The van der Waals surface area contributed by atoms with E-state index in [2.05, 4.69) is 207 Å². The number of anilines is 2. The van der Waals surface area contributed by atoms with Crippen LogP contribution >= 0.6 is 0 Å². The summed E-state index contributed by atoms with van der Waals surface area (Å²) in [5.74, 6) is 0. The molecule has 1 nitrogen and oxygen atoms in total. The maximum atomic E-state index is 2.57. The van der Waals surface area contributed by atoms with Gasteiger partial charge in [0.15, 0.2) is 0 Å². The second kappa shape index (κ2) is 14.4. The average Bonchev–Trinajstić information content (AvgIpc) is 3.20. The summed E-state index contributed by atoms with van der Waals surface area (Å²) in [5, 5.41) is 7.53. The van der Waals surface area contributed by atoms with Crippen LogP contribution in [-0.4, -0.2) is 0 Å². The molecule has 246 valence electrons. The normalized spacial score (nSPS) is 12.1. The van der Waals surface area contributed by atoms with E-state index in [4.69, 9.17) is 0 Å². The van der Waals surface area contributed by atoms with Gasteiger partial charge in [-0.15, -0.1) is 0 Å². The summed E-state index contributed by atoms with van der Waals surface area (Å²) in [4.78, 5) is 2.57. The Morgan fingerprint density at radius 1 is 0.490 bits per heavy atom. The maximum Gasteiger partial charge on any atom is 0.0537 e. The van der Waals surface area contributed by atoms with Crippen molar-refractivity contribution >= 4 is 49.3 Å². The predicted octanol–water partition coefficient (Wildman–Crippen LogP) is 14.4. The Kier molecular flexibility index (Phi) is 9.02. The molecule has 1 heteroatoms. The second-order valence-electron chi connectivity index (χ2n) is 13.1. The quantitative estimate of drug-likeness (QED) is 0.110. The molecule has 0 aliphatic heterocycles. The Bertz CT molecular complexity index is 2550. The highest BCUT2D eigenvalue weighted by molar-refractivity contribution is 6.15. The maximum absolute atomic E-state index is 2.57. The zero-order valence-electron chi connectivity index (χ0n) is 29.3. The number of hydrogen-bond donors (Lipinski definition) is 0. The van der Waals surface area contributed by atoms with E-state index in [0.717, 1.165) is 24.2 Å². The number of benzene rings is 8. The SMILES string of the molecule is C/C=C\C(=C(/CCC)N(c1ccccc1-c1ccc2ccccc2c1)c1ccccc1-c1cc2ccccc2c2ccccc12)c1ccccc1. The van der Waals surface area contributed by atoms with E-state index in [1.807, 2.05) is 0 Å². The molecule has 0 radical (unpaired) electrons. The monoisotopic (exact) mass is 655 g/mol. The molecule has 0 unspecified atom stereocenters. The van der Waals surface area contributed by atoms with Gasteiger partial charge in [-0.25, -0.2) is 0 Å².